The highest BCUT2D eigenvalue weighted by Gasteiger charge is 2.16. The van der Waals surface area contributed by atoms with Crippen molar-refractivity contribution >= 4 is 28.7 Å². The van der Waals surface area contributed by atoms with Gasteiger partial charge in [-0.3, -0.25) is 9.69 Å². The summed E-state index contributed by atoms with van der Waals surface area (Å²) in [4.78, 5) is 21.5. The number of benzene rings is 1. The van der Waals surface area contributed by atoms with Gasteiger partial charge in [0.2, 0.25) is 0 Å². The Balaban J connectivity index is 1.26. The van der Waals surface area contributed by atoms with E-state index in [4.69, 9.17) is 4.74 Å². The van der Waals surface area contributed by atoms with E-state index >= 15 is 0 Å². The first kappa shape index (κ1) is 20.4. The summed E-state index contributed by atoms with van der Waals surface area (Å²) in [5, 5.41) is 7.20. The minimum Gasteiger partial charge on any atom is -0.484 e. The second-order valence-corrected chi connectivity index (χ2v) is 8.08. The molecule has 1 aliphatic heterocycles. The first-order chi connectivity index (χ1) is 14.8. The highest BCUT2D eigenvalue weighted by atomic mass is 32.1. The molecule has 3 aromatic rings. The van der Waals surface area contributed by atoms with Gasteiger partial charge in [-0.05, 0) is 53.1 Å². The van der Waals surface area contributed by atoms with Crippen LogP contribution in [-0.2, 0) is 11.3 Å². The molecule has 0 aliphatic carbocycles. The van der Waals surface area contributed by atoms with Crippen LogP contribution in [-0.4, -0.2) is 48.6 Å². The Morgan fingerprint density at radius 2 is 1.97 bits per heavy atom. The number of thiophene rings is 1. The third-order valence-electron chi connectivity index (χ3n) is 5.04. The first-order valence-electron chi connectivity index (χ1n) is 10.2. The predicted molar refractivity (Wildman–Crippen MR) is 121 cm³/mol. The fraction of sp³-hybridized carbons (Fsp3) is 0.304. The molecule has 1 fully saturated rings. The molecule has 0 unspecified atom stereocenters. The fourth-order valence-electron chi connectivity index (χ4n) is 3.51. The number of carbonyl (C=O) groups is 1. The molecule has 7 heteroatoms. The maximum atomic E-state index is 12.1. The van der Waals surface area contributed by atoms with Gasteiger partial charge in [-0.15, -0.1) is 0 Å². The van der Waals surface area contributed by atoms with Gasteiger partial charge in [0.15, 0.2) is 6.61 Å². The van der Waals surface area contributed by atoms with E-state index in [1.807, 2.05) is 42.5 Å². The van der Waals surface area contributed by atoms with E-state index in [1.54, 1.807) is 17.5 Å². The molecule has 0 spiro atoms. The molecule has 4 rings (SSSR count). The standard InChI is InChI=1S/C23H26N4O2S/c28-23(17-29-21-5-2-1-3-6-21)25-20-7-8-22(24-15-20)27-11-4-10-26(12-13-27)16-19-9-14-30-18-19/h1-3,5-9,14-15,18H,4,10-13,16-17H2,(H,25,28). The van der Waals surface area contributed by atoms with E-state index in [-0.39, 0.29) is 12.5 Å². The summed E-state index contributed by atoms with van der Waals surface area (Å²) in [7, 11) is 0. The van der Waals surface area contributed by atoms with E-state index in [0.29, 0.717) is 11.4 Å². The highest BCUT2D eigenvalue weighted by molar-refractivity contribution is 7.07. The SMILES string of the molecule is O=C(COc1ccccc1)Nc1ccc(N2CCCN(Cc3ccsc3)CC2)nc1. The Morgan fingerprint density at radius 3 is 2.73 bits per heavy atom. The number of ether oxygens (including phenoxy) is 1. The third-order valence-corrected chi connectivity index (χ3v) is 5.78. The molecule has 2 aromatic heterocycles. The molecule has 0 bridgehead atoms. The first-order valence-corrected chi connectivity index (χ1v) is 11.1. The van der Waals surface area contributed by atoms with E-state index < -0.39 is 0 Å². The van der Waals surface area contributed by atoms with Gasteiger partial charge < -0.3 is 15.0 Å². The van der Waals surface area contributed by atoms with Crippen molar-refractivity contribution in [1.29, 1.82) is 0 Å². The lowest BCUT2D eigenvalue weighted by molar-refractivity contribution is -0.118. The van der Waals surface area contributed by atoms with Crippen LogP contribution in [0.25, 0.3) is 0 Å². The van der Waals surface area contributed by atoms with Gasteiger partial charge in [0.1, 0.15) is 11.6 Å². The van der Waals surface area contributed by atoms with Crippen LogP contribution >= 0.6 is 11.3 Å². The summed E-state index contributed by atoms with van der Waals surface area (Å²) in [5.74, 6) is 1.42. The van der Waals surface area contributed by atoms with Crippen LogP contribution in [0.5, 0.6) is 5.75 Å². The van der Waals surface area contributed by atoms with Gasteiger partial charge in [0.25, 0.3) is 5.91 Å². The maximum Gasteiger partial charge on any atom is 0.262 e. The summed E-state index contributed by atoms with van der Waals surface area (Å²) in [6, 6.07) is 15.4. The summed E-state index contributed by atoms with van der Waals surface area (Å²) < 4.78 is 5.48. The van der Waals surface area contributed by atoms with E-state index in [0.717, 1.165) is 45.0 Å². The van der Waals surface area contributed by atoms with E-state index in [9.17, 15) is 4.79 Å². The third kappa shape index (κ3) is 5.81. The normalized spacial score (nSPS) is 14.9. The predicted octanol–water partition coefficient (Wildman–Crippen LogP) is 3.87. The van der Waals surface area contributed by atoms with Gasteiger partial charge in [-0.1, -0.05) is 18.2 Å². The van der Waals surface area contributed by atoms with Crippen LogP contribution in [0.15, 0.2) is 65.5 Å². The van der Waals surface area contributed by atoms with Crippen molar-refractivity contribution in [2.45, 2.75) is 13.0 Å². The van der Waals surface area contributed by atoms with Gasteiger partial charge in [-0.2, -0.15) is 11.3 Å². The van der Waals surface area contributed by atoms with E-state index in [1.165, 1.54) is 5.56 Å². The van der Waals surface area contributed by atoms with Crippen LogP contribution in [0.1, 0.15) is 12.0 Å². The molecule has 0 saturated carbocycles. The number of nitrogens with zero attached hydrogens (tertiary/aromatic N) is 3. The summed E-state index contributed by atoms with van der Waals surface area (Å²) >= 11 is 1.75. The Bertz CT molecular complexity index is 916. The molecule has 156 valence electrons. The Labute approximate surface area is 181 Å². The zero-order chi connectivity index (χ0) is 20.6. The van der Waals surface area contributed by atoms with Gasteiger partial charge in [-0.25, -0.2) is 4.98 Å². The molecule has 1 amide bonds. The molecule has 1 N–H and O–H groups in total. The molecular weight excluding hydrogens is 396 g/mol. The molecule has 6 nitrogen and oxygen atoms in total. The van der Waals surface area contributed by atoms with Crippen LogP contribution in [0.4, 0.5) is 11.5 Å². The van der Waals surface area contributed by atoms with Crippen LogP contribution in [0, 0.1) is 0 Å². The lowest BCUT2D eigenvalue weighted by Crippen LogP contribution is -2.30. The number of pyridine rings is 1. The molecule has 1 aliphatic rings. The van der Waals surface area contributed by atoms with Crippen molar-refractivity contribution in [3.8, 4) is 5.75 Å². The van der Waals surface area contributed by atoms with Crippen molar-refractivity contribution in [3.05, 3.63) is 71.1 Å². The second kappa shape index (κ2) is 10.2. The monoisotopic (exact) mass is 422 g/mol. The summed E-state index contributed by atoms with van der Waals surface area (Å²) in [5.41, 5.74) is 2.07. The lowest BCUT2D eigenvalue weighted by atomic mass is 10.3. The van der Waals surface area contributed by atoms with Crippen molar-refractivity contribution in [2.24, 2.45) is 0 Å². The maximum absolute atomic E-state index is 12.1. The highest BCUT2D eigenvalue weighted by Crippen LogP contribution is 2.18. The smallest absolute Gasteiger partial charge is 0.262 e. The van der Waals surface area contributed by atoms with E-state index in [2.05, 4.69) is 36.9 Å². The van der Waals surface area contributed by atoms with Crippen molar-refractivity contribution in [2.75, 3.05) is 43.0 Å². The number of hydrogen-bond donors (Lipinski definition) is 1. The molecule has 3 heterocycles. The number of hydrogen-bond acceptors (Lipinski definition) is 6. The molecule has 0 radical (unpaired) electrons. The molecule has 0 atom stereocenters. The number of para-hydroxylation sites is 1. The topological polar surface area (TPSA) is 57.7 Å². The molecule has 1 aromatic carbocycles. The number of amides is 1. The average molecular weight is 423 g/mol. The average Bonchev–Trinajstić information content (AvgIpc) is 3.18. The number of nitrogens with one attached hydrogen (secondary N) is 1. The largest absolute Gasteiger partial charge is 0.484 e. The number of anilines is 2. The number of rotatable bonds is 7. The molecule has 30 heavy (non-hydrogen) atoms. The minimum absolute atomic E-state index is 0.0299. The summed E-state index contributed by atoms with van der Waals surface area (Å²) in [6.07, 6.45) is 2.82. The van der Waals surface area contributed by atoms with Crippen molar-refractivity contribution < 1.29 is 9.53 Å². The zero-order valence-electron chi connectivity index (χ0n) is 16.9. The Morgan fingerprint density at radius 1 is 1.07 bits per heavy atom. The van der Waals surface area contributed by atoms with Gasteiger partial charge in [0.05, 0.1) is 11.9 Å². The second-order valence-electron chi connectivity index (χ2n) is 7.30. The van der Waals surface area contributed by atoms with Crippen molar-refractivity contribution in [1.82, 2.24) is 9.88 Å². The number of aromatic nitrogens is 1. The van der Waals surface area contributed by atoms with Gasteiger partial charge >= 0.3 is 0 Å². The Kier molecular flexibility index (Phi) is 6.95. The lowest BCUT2D eigenvalue weighted by Gasteiger charge is -2.22. The van der Waals surface area contributed by atoms with Crippen molar-refractivity contribution in [3.63, 3.8) is 0 Å². The molecular formula is C23H26N4O2S. The quantitative estimate of drug-likeness (QED) is 0.626. The zero-order valence-corrected chi connectivity index (χ0v) is 17.7. The fourth-order valence-corrected chi connectivity index (χ4v) is 4.17. The molecule has 1 saturated heterocycles. The van der Waals surface area contributed by atoms with Crippen LogP contribution < -0.4 is 15.0 Å². The van der Waals surface area contributed by atoms with Crippen LogP contribution in [0.3, 0.4) is 0 Å². The number of carbonyl (C=O) groups excluding carboxylic acids is 1. The summed E-state index contributed by atoms with van der Waals surface area (Å²) in [6.45, 7) is 5.05. The minimum atomic E-state index is -0.202. The van der Waals surface area contributed by atoms with Gasteiger partial charge in [0, 0.05) is 32.7 Å². The Hall–Kier alpha value is -2.90. The van der Waals surface area contributed by atoms with Crippen LogP contribution in [0.2, 0.25) is 0 Å².